The minimum Gasteiger partial charge on any atom is -0.461 e. The maximum Gasteiger partial charge on any atom is 0.253 e. The van der Waals surface area contributed by atoms with Crippen molar-refractivity contribution in [1.82, 2.24) is 15.2 Å². The molecule has 0 saturated carbocycles. The number of piperidine rings is 1. The fourth-order valence-electron chi connectivity index (χ4n) is 6.36. The van der Waals surface area contributed by atoms with Crippen molar-refractivity contribution in [3.05, 3.63) is 62.3 Å². The Labute approximate surface area is 237 Å². The van der Waals surface area contributed by atoms with Crippen molar-refractivity contribution in [3.63, 3.8) is 0 Å². The van der Waals surface area contributed by atoms with Gasteiger partial charge in [-0.2, -0.15) is 0 Å². The van der Waals surface area contributed by atoms with E-state index < -0.39 is 0 Å². The molecule has 5 rings (SSSR count). The number of ether oxygens (including phenoxy) is 1. The van der Waals surface area contributed by atoms with E-state index in [4.69, 9.17) is 9.15 Å². The van der Waals surface area contributed by atoms with Crippen LogP contribution >= 0.6 is 0 Å². The summed E-state index contributed by atoms with van der Waals surface area (Å²) in [6.07, 6.45) is 3.74. The Morgan fingerprint density at radius 1 is 1.12 bits per heavy atom. The lowest BCUT2D eigenvalue weighted by molar-refractivity contribution is -0.0507. The van der Waals surface area contributed by atoms with Crippen LogP contribution in [0.2, 0.25) is 0 Å². The lowest BCUT2D eigenvalue weighted by Gasteiger charge is -2.39. The van der Waals surface area contributed by atoms with Gasteiger partial charge >= 0.3 is 0 Å². The molecule has 0 spiro atoms. The number of carbonyl (C=O) groups is 1. The summed E-state index contributed by atoms with van der Waals surface area (Å²) in [5.41, 5.74) is 5.45. The lowest BCUT2D eigenvalue weighted by atomic mass is 9.92. The largest absolute Gasteiger partial charge is 0.461 e. The van der Waals surface area contributed by atoms with Crippen molar-refractivity contribution in [1.29, 1.82) is 0 Å². The minimum atomic E-state index is -0.185. The molecule has 2 N–H and O–H groups in total. The summed E-state index contributed by atoms with van der Waals surface area (Å²) in [4.78, 5) is 34.3. The average Bonchev–Trinajstić information content (AvgIpc) is 3.32. The van der Waals surface area contributed by atoms with Gasteiger partial charge in [0.05, 0.1) is 12.2 Å². The van der Waals surface area contributed by atoms with Gasteiger partial charge in [-0.25, -0.2) is 0 Å². The van der Waals surface area contributed by atoms with Crippen LogP contribution in [0.1, 0.15) is 91.4 Å². The zero-order valence-corrected chi connectivity index (χ0v) is 24.9. The number of rotatable bonds is 9. The number of anilines is 1. The van der Waals surface area contributed by atoms with E-state index in [-0.39, 0.29) is 24.2 Å². The van der Waals surface area contributed by atoms with Crippen molar-refractivity contribution in [2.45, 2.75) is 92.0 Å². The third-order valence-electron chi connectivity index (χ3n) is 8.76. The van der Waals surface area contributed by atoms with Gasteiger partial charge in [-0.3, -0.25) is 9.59 Å². The van der Waals surface area contributed by atoms with E-state index in [0.29, 0.717) is 29.5 Å². The zero-order valence-electron chi connectivity index (χ0n) is 24.9. The zero-order chi connectivity index (χ0) is 28.6. The molecule has 2 aromatic heterocycles. The molecule has 0 bridgehead atoms. The highest BCUT2D eigenvalue weighted by molar-refractivity contribution is 6.09. The summed E-state index contributed by atoms with van der Waals surface area (Å²) in [6, 6.07) is 6.68. The van der Waals surface area contributed by atoms with Crippen LogP contribution in [0.25, 0.3) is 11.0 Å². The van der Waals surface area contributed by atoms with Gasteiger partial charge in [0, 0.05) is 59.9 Å². The molecule has 8 heteroatoms. The number of nitrogens with zero attached hydrogens (tertiary/aromatic N) is 2. The van der Waals surface area contributed by atoms with Crippen LogP contribution in [-0.2, 0) is 17.7 Å². The van der Waals surface area contributed by atoms with Crippen LogP contribution in [0, 0.1) is 13.8 Å². The van der Waals surface area contributed by atoms with Gasteiger partial charge in [0.1, 0.15) is 17.6 Å². The van der Waals surface area contributed by atoms with Crippen LogP contribution in [0.3, 0.4) is 0 Å². The molecule has 2 aliphatic heterocycles. The number of aromatic nitrogens is 1. The summed E-state index contributed by atoms with van der Waals surface area (Å²) in [5.74, 6) is 1.11. The van der Waals surface area contributed by atoms with Gasteiger partial charge in [0.25, 0.3) is 11.5 Å². The summed E-state index contributed by atoms with van der Waals surface area (Å²) < 4.78 is 12.4. The molecule has 0 radical (unpaired) electrons. The number of benzene rings is 1. The SMILES string of the molecule is CCc1c(N(CC)C2CCO2)cc2oc(C3CCN(C(C)C)CC3)cc2c1C(=O)NCc1c(C)cc(C)[nH]c1=O. The Morgan fingerprint density at radius 3 is 2.42 bits per heavy atom. The predicted molar refractivity (Wildman–Crippen MR) is 159 cm³/mol. The second kappa shape index (κ2) is 11.8. The topological polar surface area (TPSA) is 90.8 Å². The van der Waals surface area contributed by atoms with Gasteiger partial charge in [0.15, 0.2) is 0 Å². The van der Waals surface area contributed by atoms with Gasteiger partial charge in [-0.1, -0.05) is 6.92 Å². The Balaban J connectivity index is 1.55. The van der Waals surface area contributed by atoms with Crippen molar-refractivity contribution in [3.8, 4) is 0 Å². The van der Waals surface area contributed by atoms with Gasteiger partial charge in [0.2, 0.25) is 0 Å². The first kappa shape index (κ1) is 28.4. The quantitative estimate of drug-likeness (QED) is 0.373. The highest BCUT2D eigenvalue weighted by Crippen LogP contribution is 2.40. The molecule has 1 atom stereocenters. The maximum atomic E-state index is 14.0. The fourth-order valence-corrected chi connectivity index (χ4v) is 6.36. The first-order valence-electron chi connectivity index (χ1n) is 14.9. The van der Waals surface area contributed by atoms with Crippen molar-refractivity contribution in [2.75, 3.05) is 31.1 Å². The van der Waals surface area contributed by atoms with E-state index in [1.807, 2.05) is 19.9 Å². The van der Waals surface area contributed by atoms with E-state index in [2.05, 4.69) is 59.9 Å². The first-order valence-corrected chi connectivity index (χ1v) is 14.9. The molecule has 1 aromatic carbocycles. The van der Waals surface area contributed by atoms with Gasteiger partial charge in [-0.05, 0) is 90.2 Å². The number of furan rings is 1. The van der Waals surface area contributed by atoms with Crippen LogP contribution in [-0.4, -0.2) is 54.3 Å². The normalized spacial score (nSPS) is 18.3. The number of fused-ring (bicyclic) bond motifs is 1. The van der Waals surface area contributed by atoms with Crippen LogP contribution < -0.4 is 15.8 Å². The molecule has 216 valence electrons. The van der Waals surface area contributed by atoms with E-state index >= 15 is 0 Å². The number of aromatic amines is 1. The predicted octanol–water partition coefficient (Wildman–Crippen LogP) is 5.39. The number of pyridine rings is 1. The molecular formula is C32H44N4O4. The minimum absolute atomic E-state index is 0.00669. The van der Waals surface area contributed by atoms with E-state index in [0.717, 1.165) is 84.7 Å². The number of H-pyrrole nitrogens is 1. The summed E-state index contributed by atoms with van der Waals surface area (Å²) in [6.45, 7) is 16.3. The second-order valence-electron chi connectivity index (χ2n) is 11.6. The number of amides is 1. The highest BCUT2D eigenvalue weighted by Gasteiger charge is 2.31. The summed E-state index contributed by atoms with van der Waals surface area (Å²) in [7, 11) is 0. The van der Waals surface area contributed by atoms with Gasteiger partial charge < -0.3 is 29.3 Å². The van der Waals surface area contributed by atoms with Crippen LogP contribution in [0.15, 0.2) is 27.4 Å². The smallest absolute Gasteiger partial charge is 0.253 e. The molecule has 2 saturated heterocycles. The van der Waals surface area contributed by atoms with E-state index in [1.54, 1.807) is 0 Å². The molecule has 2 aliphatic rings. The van der Waals surface area contributed by atoms with Crippen molar-refractivity contribution >= 4 is 22.6 Å². The number of hydrogen-bond donors (Lipinski definition) is 2. The van der Waals surface area contributed by atoms with E-state index in [1.165, 1.54) is 0 Å². The monoisotopic (exact) mass is 548 g/mol. The standard InChI is InChI=1S/C32H44N4O4/c1-7-23-26(36(8-2)29-11-14-39-29)17-28-24(16-27(40-28)22-9-12-35(13-10-22)19(3)4)30(23)32(38)33-18-25-20(5)15-21(6)34-31(25)37/h15-17,19,22,29H,7-14,18H2,1-6H3,(H,33,38)(H,34,37). The summed E-state index contributed by atoms with van der Waals surface area (Å²) >= 11 is 0. The molecular weight excluding hydrogens is 504 g/mol. The number of hydrogen-bond acceptors (Lipinski definition) is 6. The van der Waals surface area contributed by atoms with E-state index in [9.17, 15) is 9.59 Å². The highest BCUT2D eigenvalue weighted by atomic mass is 16.5. The number of carbonyl (C=O) groups excluding carboxylic acids is 1. The third-order valence-corrected chi connectivity index (χ3v) is 8.76. The Bertz CT molecular complexity index is 1430. The molecule has 0 aliphatic carbocycles. The molecule has 1 unspecified atom stereocenters. The molecule has 2 fully saturated rings. The average molecular weight is 549 g/mol. The Hall–Kier alpha value is -3.10. The fraction of sp³-hybridized carbons (Fsp3) is 0.562. The van der Waals surface area contributed by atoms with Gasteiger partial charge in [-0.15, -0.1) is 0 Å². The third kappa shape index (κ3) is 5.44. The number of nitrogens with one attached hydrogen (secondary N) is 2. The van der Waals surface area contributed by atoms with Crippen LogP contribution in [0.5, 0.6) is 0 Å². The summed E-state index contributed by atoms with van der Waals surface area (Å²) in [5, 5.41) is 3.92. The van der Waals surface area contributed by atoms with Crippen LogP contribution in [0.4, 0.5) is 5.69 Å². The molecule has 3 aromatic rings. The molecule has 1 amide bonds. The lowest BCUT2D eigenvalue weighted by Crippen LogP contribution is -2.45. The molecule has 8 nitrogen and oxygen atoms in total. The number of aryl methyl sites for hydroxylation is 2. The first-order chi connectivity index (χ1) is 19.2. The number of likely N-dealkylation sites (tertiary alicyclic amines) is 1. The van der Waals surface area contributed by atoms with Crippen molar-refractivity contribution < 1.29 is 13.9 Å². The van der Waals surface area contributed by atoms with Crippen molar-refractivity contribution in [2.24, 2.45) is 0 Å². The maximum absolute atomic E-state index is 14.0. The molecule has 4 heterocycles. The second-order valence-corrected chi connectivity index (χ2v) is 11.6. The molecule has 40 heavy (non-hydrogen) atoms. The Kier molecular flexibility index (Phi) is 8.38. The Morgan fingerprint density at radius 2 is 1.85 bits per heavy atom.